The summed E-state index contributed by atoms with van der Waals surface area (Å²) >= 11 is 7.36. The first-order chi connectivity index (χ1) is 12.6. The number of fused-ring (bicyclic) bond motifs is 1. The van der Waals surface area contributed by atoms with Crippen molar-refractivity contribution in [3.8, 4) is 12.1 Å². The van der Waals surface area contributed by atoms with E-state index in [1.54, 1.807) is 24.3 Å². The van der Waals surface area contributed by atoms with Gasteiger partial charge >= 0.3 is 0 Å². The molecule has 3 heterocycles. The third-order valence-corrected chi connectivity index (χ3v) is 5.20. The first-order valence-electron chi connectivity index (χ1n) is 7.61. The lowest BCUT2D eigenvalue weighted by atomic mass is 10.1. The minimum absolute atomic E-state index is 0.188. The zero-order valence-electron chi connectivity index (χ0n) is 13.5. The molecule has 2 unspecified atom stereocenters. The van der Waals surface area contributed by atoms with Gasteiger partial charge < -0.3 is 15.0 Å². The van der Waals surface area contributed by atoms with Crippen LogP contribution < -0.4 is 10.2 Å². The van der Waals surface area contributed by atoms with Crippen LogP contribution in [0.3, 0.4) is 0 Å². The summed E-state index contributed by atoms with van der Waals surface area (Å²) in [5.41, 5.74) is 2.19. The van der Waals surface area contributed by atoms with Crippen molar-refractivity contribution in [2.75, 3.05) is 17.3 Å². The van der Waals surface area contributed by atoms with Crippen molar-refractivity contribution in [1.29, 1.82) is 10.5 Å². The van der Waals surface area contributed by atoms with Crippen LogP contribution in [0.5, 0.6) is 0 Å². The van der Waals surface area contributed by atoms with E-state index in [0.29, 0.717) is 16.3 Å². The largest absolute Gasteiger partial charge is 0.356 e. The van der Waals surface area contributed by atoms with E-state index in [9.17, 15) is 0 Å². The molecule has 0 amide bonds. The number of halogens is 1. The summed E-state index contributed by atoms with van der Waals surface area (Å²) in [5, 5.41) is 22.5. The second-order valence-corrected chi connectivity index (χ2v) is 6.98. The number of epoxide rings is 1. The molecule has 4 rings (SSSR count). The Kier molecular flexibility index (Phi) is 4.09. The van der Waals surface area contributed by atoms with E-state index in [1.165, 1.54) is 11.3 Å². The summed E-state index contributed by atoms with van der Waals surface area (Å²) in [6, 6.07) is 12.6. The lowest BCUT2D eigenvalue weighted by Crippen LogP contribution is -2.25. The highest BCUT2D eigenvalue weighted by Gasteiger charge is 2.43. The average Bonchev–Trinajstić information content (AvgIpc) is 3.28. The molecule has 0 spiro atoms. The Morgan fingerprint density at radius 1 is 1.19 bits per heavy atom. The van der Waals surface area contributed by atoms with E-state index in [4.69, 9.17) is 26.9 Å². The summed E-state index contributed by atoms with van der Waals surface area (Å²) < 4.78 is 5.67. The molecule has 3 aromatic rings. The second-order valence-electron chi connectivity index (χ2n) is 5.64. The Morgan fingerprint density at radius 3 is 2.77 bits per heavy atom. The van der Waals surface area contributed by atoms with E-state index in [0.717, 1.165) is 21.2 Å². The quantitative estimate of drug-likeness (QED) is 0.545. The number of ether oxygens (including phenoxy) is 1. The van der Waals surface area contributed by atoms with Gasteiger partial charge in [0, 0.05) is 12.7 Å². The van der Waals surface area contributed by atoms with Crippen molar-refractivity contribution >= 4 is 44.1 Å². The number of hydrogen-bond acceptors (Lipinski definition) is 8. The Bertz CT molecular complexity index is 1090. The molecule has 2 atom stereocenters. The number of likely N-dealkylation sites (N-methyl/N-ethyl adjacent to an activating group) is 1. The predicted molar refractivity (Wildman–Crippen MR) is 99.0 cm³/mol. The van der Waals surface area contributed by atoms with Crippen LogP contribution in [0.1, 0.15) is 11.1 Å². The van der Waals surface area contributed by atoms with Gasteiger partial charge in [-0.3, -0.25) is 0 Å². The Morgan fingerprint density at radius 2 is 2.00 bits per heavy atom. The Labute approximate surface area is 158 Å². The maximum absolute atomic E-state index is 9.11. The van der Waals surface area contributed by atoms with Crippen LogP contribution in [0, 0.1) is 22.7 Å². The smallest absolute Gasteiger partial charge is 0.189 e. The van der Waals surface area contributed by atoms with Crippen LogP contribution in [0.2, 0.25) is 5.15 Å². The molecule has 26 heavy (non-hydrogen) atoms. The molecule has 0 bridgehead atoms. The van der Waals surface area contributed by atoms with E-state index >= 15 is 0 Å². The summed E-state index contributed by atoms with van der Waals surface area (Å²) in [4.78, 5) is 11.5. The highest BCUT2D eigenvalue weighted by atomic mass is 35.5. The topological polar surface area (TPSA) is 101 Å². The van der Waals surface area contributed by atoms with Gasteiger partial charge in [0.25, 0.3) is 0 Å². The first-order valence-corrected chi connectivity index (χ1v) is 8.80. The van der Waals surface area contributed by atoms with Crippen LogP contribution in [-0.2, 0) is 4.74 Å². The molecule has 2 aromatic heterocycles. The molecule has 1 aromatic carbocycles. The molecular weight excluding hydrogens is 372 g/mol. The monoisotopic (exact) mass is 382 g/mol. The number of rotatable bonds is 4. The molecule has 1 fully saturated rings. The number of nitrogens with one attached hydrogen (secondary N) is 1. The minimum atomic E-state index is -0.233. The van der Waals surface area contributed by atoms with Crippen molar-refractivity contribution in [2.24, 2.45) is 0 Å². The van der Waals surface area contributed by atoms with Gasteiger partial charge in [-0.15, -0.1) is 0 Å². The van der Waals surface area contributed by atoms with E-state index in [-0.39, 0.29) is 12.5 Å². The SMILES string of the molecule is CN(c1nc2ccc(Cl)nc2s1)C1OC1Nc1ccc(C#N)c(C#N)c1. The molecule has 1 aliphatic rings. The van der Waals surface area contributed by atoms with Gasteiger partial charge in [0.05, 0.1) is 11.1 Å². The Balaban J connectivity index is 1.47. The van der Waals surface area contributed by atoms with E-state index in [1.807, 2.05) is 30.2 Å². The second kappa shape index (κ2) is 6.43. The molecule has 7 nitrogen and oxygen atoms in total. The van der Waals surface area contributed by atoms with Gasteiger partial charge in [-0.25, -0.2) is 9.97 Å². The van der Waals surface area contributed by atoms with Gasteiger partial charge in [0.1, 0.15) is 27.6 Å². The molecule has 1 N–H and O–H groups in total. The number of hydrogen-bond donors (Lipinski definition) is 1. The number of aromatic nitrogens is 2. The highest BCUT2D eigenvalue weighted by molar-refractivity contribution is 7.21. The maximum Gasteiger partial charge on any atom is 0.189 e. The molecule has 9 heteroatoms. The summed E-state index contributed by atoms with van der Waals surface area (Å²) in [5.74, 6) is 0. The normalized spacial score (nSPS) is 18.2. The van der Waals surface area contributed by atoms with E-state index in [2.05, 4.69) is 15.3 Å². The van der Waals surface area contributed by atoms with Gasteiger partial charge in [-0.2, -0.15) is 10.5 Å². The number of nitriles is 2. The fourth-order valence-electron chi connectivity index (χ4n) is 2.54. The molecule has 1 aliphatic heterocycles. The maximum atomic E-state index is 9.11. The van der Waals surface area contributed by atoms with Crippen molar-refractivity contribution in [2.45, 2.75) is 12.5 Å². The zero-order chi connectivity index (χ0) is 18.3. The lowest BCUT2D eigenvalue weighted by molar-refractivity contribution is 0.380. The third kappa shape index (κ3) is 3.02. The number of thiazole rings is 1. The van der Waals surface area contributed by atoms with Crippen molar-refractivity contribution < 1.29 is 4.74 Å². The van der Waals surface area contributed by atoms with Crippen molar-refractivity contribution in [1.82, 2.24) is 9.97 Å². The number of benzene rings is 1. The van der Waals surface area contributed by atoms with E-state index < -0.39 is 0 Å². The first kappa shape index (κ1) is 16.6. The van der Waals surface area contributed by atoms with Crippen LogP contribution in [0.25, 0.3) is 10.3 Å². The molecule has 0 aliphatic carbocycles. The molecule has 1 saturated heterocycles. The fraction of sp³-hybridized carbons (Fsp3) is 0.176. The summed E-state index contributed by atoms with van der Waals surface area (Å²) in [6.07, 6.45) is -0.421. The van der Waals surface area contributed by atoms with Gasteiger partial charge in [-0.1, -0.05) is 22.9 Å². The summed E-state index contributed by atoms with van der Waals surface area (Å²) in [7, 11) is 1.89. The van der Waals surface area contributed by atoms with Crippen molar-refractivity contribution in [3.05, 3.63) is 46.6 Å². The van der Waals surface area contributed by atoms with Crippen LogP contribution in [0.15, 0.2) is 30.3 Å². The summed E-state index contributed by atoms with van der Waals surface area (Å²) in [6.45, 7) is 0. The van der Waals surface area contributed by atoms with Crippen LogP contribution >= 0.6 is 22.9 Å². The fourth-order valence-corrected chi connectivity index (χ4v) is 3.66. The zero-order valence-corrected chi connectivity index (χ0v) is 15.0. The molecule has 128 valence electrons. The standard InChI is InChI=1S/C17H11ClN6OS/c1-24(17-22-12-4-5-13(18)23-15(12)26-17)16-14(25-16)21-11-3-2-9(7-19)10(6-11)8-20/h2-6,14,16,21H,1H3. The molecule has 0 radical (unpaired) electrons. The predicted octanol–water partition coefficient (Wildman–Crippen LogP) is 3.32. The minimum Gasteiger partial charge on any atom is -0.356 e. The van der Waals surface area contributed by atoms with Gasteiger partial charge in [0.2, 0.25) is 0 Å². The Hall–Kier alpha value is -2.91. The number of nitrogens with zero attached hydrogens (tertiary/aromatic N) is 5. The number of pyridine rings is 1. The number of anilines is 2. The van der Waals surface area contributed by atoms with Gasteiger partial charge in [-0.05, 0) is 30.3 Å². The average molecular weight is 383 g/mol. The third-order valence-electron chi connectivity index (χ3n) is 3.93. The van der Waals surface area contributed by atoms with Crippen LogP contribution in [0.4, 0.5) is 10.8 Å². The van der Waals surface area contributed by atoms with Crippen LogP contribution in [-0.4, -0.2) is 29.5 Å². The lowest BCUT2D eigenvalue weighted by Gasteiger charge is -2.12. The highest BCUT2D eigenvalue weighted by Crippen LogP contribution is 2.35. The van der Waals surface area contributed by atoms with Crippen molar-refractivity contribution in [3.63, 3.8) is 0 Å². The molecule has 0 saturated carbocycles. The van der Waals surface area contributed by atoms with Gasteiger partial charge in [0.15, 0.2) is 17.6 Å². The molecular formula is C17H11ClN6OS.